The van der Waals surface area contributed by atoms with Crippen LogP contribution in [0.25, 0.3) is 0 Å². The molecule has 0 aromatic heterocycles. The normalized spacial score (nSPS) is 13.9. The second kappa shape index (κ2) is 7.50. The Balaban J connectivity index is 1.79. The predicted octanol–water partition coefficient (Wildman–Crippen LogP) is 4.42. The number of halogens is 3. The van der Waals surface area contributed by atoms with Gasteiger partial charge in [0.2, 0.25) is 5.91 Å². The van der Waals surface area contributed by atoms with Crippen molar-refractivity contribution in [3.05, 3.63) is 53.1 Å². The number of carbonyl (C=O) groups is 1. The summed E-state index contributed by atoms with van der Waals surface area (Å²) < 4.78 is 46.0. The van der Waals surface area contributed by atoms with Crippen LogP contribution in [0.2, 0.25) is 0 Å². The highest BCUT2D eigenvalue weighted by Gasteiger charge is 2.31. The highest BCUT2D eigenvalue weighted by atomic mass is 19.4. The Kier molecular flexibility index (Phi) is 5.30. The van der Waals surface area contributed by atoms with Crippen molar-refractivity contribution in [2.24, 2.45) is 0 Å². The molecule has 0 N–H and O–H groups in total. The number of ether oxygens (including phenoxy) is 2. The fraction of sp³-hybridized carbons (Fsp3) is 0.350. The van der Waals surface area contributed by atoms with E-state index in [0.29, 0.717) is 17.9 Å². The molecule has 3 rings (SSSR count). The summed E-state index contributed by atoms with van der Waals surface area (Å²) in [6, 6.07) is 9.19. The van der Waals surface area contributed by atoms with E-state index in [9.17, 15) is 18.0 Å². The molecule has 0 aliphatic carbocycles. The average molecular weight is 379 g/mol. The third-order valence-electron chi connectivity index (χ3n) is 4.59. The molecule has 2 aromatic carbocycles. The first kappa shape index (κ1) is 19.1. The Morgan fingerprint density at radius 3 is 2.48 bits per heavy atom. The number of methoxy groups -OCH3 is 1. The molecule has 1 aliphatic rings. The molecule has 0 radical (unpaired) electrons. The van der Waals surface area contributed by atoms with E-state index >= 15 is 0 Å². The zero-order valence-corrected chi connectivity index (χ0v) is 15.1. The first-order chi connectivity index (χ1) is 12.8. The number of aryl methyl sites for hydroxylation is 1. The minimum Gasteiger partial charge on any atom is -0.495 e. The van der Waals surface area contributed by atoms with Gasteiger partial charge in [-0.3, -0.25) is 4.79 Å². The SMILES string of the molecule is COc1ccc(C)c2c1N(C(=O)Cc1ccc(OC(F)(F)F)cc1)CCC2. The number of anilines is 1. The van der Waals surface area contributed by atoms with E-state index < -0.39 is 6.36 Å². The molecule has 144 valence electrons. The quantitative estimate of drug-likeness (QED) is 0.789. The molecule has 0 fully saturated rings. The number of amides is 1. The standard InChI is InChI=1S/C20H20F3NO3/c1-13-5-10-17(26-2)19-16(13)4-3-11-24(19)18(25)12-14-6-8-15(9-7-14)27-20(21,22)23/h5-10H,3-4,11-12H2,1-2H3. The Bertz CT molecular complexity index is 832. The Hall–Kier alpha value is -2.70. The van der Waals surface area contributed by atoms with Crippen LogP contribution in [0.4, 0.5) is 18.9 Å². The number of hydrogen-bond acceptors (Lipinski definition) is 3. The molecule has 1 aliphatic heterocycles. The summed E-state index contributed by atoms with van der Waals surface area (Å²) in [6.07, 6.45) is -2.91. The highest BCUT2D eigenvalue weighted by molar-refractivity contribution is 5.97. The number of rotatable bonds is 4. The van der Waals surface area contributed by atoms with Crippen molar-refractivity contribution in [1.82, 2.24) is 0 Å². The molecular formula is C20H20F3NO3. The second-order valence-electron chi connectivity index (χ2n) is 6.43. The van der Waals surface area contributed by atoms with Gasteiger partial charge in [0.05, 0.1) is 19.2 Å². The molecule has 7 heteroatoms. The van der Waals surface area contributed by atoms with Crippen LogP contribution in [0.3, 0.4) is 0 Å². The van der Waals surface area contributed by atoms with Crippen LogP contribution in [0.15, 0.2) is 36.4 Å². The second-order valence-corrected chi connectivity index (χ2v) is 6.43. The minimum absolute atomic E-state index is 0.0861. The van der Waals surface area contributed by atoms with Crippen molar-refractivity contribution in [3.63, 3.8) is 0 Å². The summed E-state index contributed by atoms with van der Waals surface area (Å²) in [5.74, 6) is 0.223. The zero-order valence-electron chi connectivity index (χ0n) is 15.1. The minimum atomic E-state index is -4.73. The van der Waals surface area contributed by atoms with Crippen molar-refractivity contribution in [3.8, 4) is 11.5 Å². The molecule has 2 aromatic rings. The van der Waals surface area contributed by atoms with Gasteiger partial charge in [0.1, 0.15) is 11.5 Å². The van der Waals surface area contributed by atoms with Crippen LogP contribution in [0.1, 0.15) is 23.1 Å². The number of carbonyl (C=O) groups excluding carboxylic acids is 1. The summed E-state index contributed by atoms with van der Waals surface area (Å²) in [5, 5.41) is 0. The largest absolute Gasteiger partial charge is 0.573 e. The van der Waals surface area contributed by atoms with Crippen LogP contribution in [0, 0.1) is 6.92 Å². The van der Waals surface area contributed by atoms with Crippen molar-refractivity contribution in [1.29, 1.82) is 0 Å². The maximum Gasteiger partial charge on any atom is 0.573 e. The molecule has 27 heavy (non-hydrogen) atoms. The van der Waals surface area contributed by atoms with E-state index in [4.69, 9.17) is 4.74 Å². The van der Waals surface area contributed by atoms with Gasteiger partial charge in [-0.1, -0.05) is 18.2 Å². The third kappa shape index (κ3) is 4.35. The van der Waals surface area contributed by atoms with Gasteiger partial charge < -0.3 is 14.4 Å². The maximum atomic E-state index is 12.9. The maximum absolute atomic E-state index is 12.9. The number of benzene rings is 2. The van der Waals surface area contributed by atoms with Gasteiger partial charge in [-0.05, 0) is 54.7 Å². The van der Waals surface area contributed by atoms with Crippen molar-refractivity contribution >= 4 is 11.6 Å². The molecule has 0 saturated heterocycles. The van der Waals surface area contributed by atoms with E-state index in [2.05, 4.69) is 4.74 Å². The topological polar surface area (TPSA) is 38.8 Å². The van der Waals surface area contributed by atoms with Crippen molar-refractivity contribution in [2.45, 2.75) is 32.5 Å². The monoisotopic (exact) mass is 379 g/mol. The van der Waals surface area contributed by atoms with Gasteiger partial charge in [0, 0.05) is 6.54 Å². The summed E-state index contributed by atoms with van der Waals surface area (Å²) in [7, 11) is 1.57. The predicted molar refractivity (Wildman–Crippen MR) is 95.2 cm³/mol. The summed E-state index contributed by atoms with van der Waals surface area (Å²) in [4.78, 5) is 14.6. The Morgan fingerprint density at radius 2 is 1.85 bits per heavy atom. The number of alkyl halides is 3. The summed E-state index contributed by atoms with van der Waals surface area (Å²) in [6.45, 7) is 2.59. The average Bonchev–Trinajstić information content (AvgIpc) is 2.62. The molecular weight excluding hydrogens is 359 g/mol. The van der Waals surface area contributed by atoms with E-state index in [1.54, 1.807) is 12.0 Å². The van der Waals surface area contributed by atoms with Crippen LogP contribution < -0.4 is 14.4 Å². The first-order valence-electron chi connectivity index (χ1n) is 8.60. The van der Waals surface area contributed by atoms with Gasteiger partial charge in [-0.2, -0.15) is 0 Å². The van der Waals surface area contributed by atoms with E-state index in [1.165, 1.54) is 24.3 Å². The molecule has 0 bridgehead atoms. The lowest BCUT2D eigenvalue weighted by Gasteiger charge is -2.32. The van der Waals surface area contributed by atoms with E-state index in [0.717, 1.165) is 29.7 Å². The van der Waals surface area contributed by atoms with E-state index in [1.807, 2.05) is 19.1 Å². The van der Waals surface area contributed by atoms with Crippen LogP contribution in [-0.4, -0.2) is 25.9 Å². The van der Waals surface area contributed by atoms with Gasteiger partial charge in [0.15, 0.2) is 0 Å². The lowest BCUT2D eigenvalue weighted by Crippen LogP contribution is -2.37. The number of nitrogens with zero attached hydrogens (tertiary/aromatic N) is 1. The zero-order chi connectivity index (χ0) is 19.6. The molecule has 0 spiro atoms. The summed E-state index contributed by atoms with van der Waals surface area (Å²) in [5.41, 5.74) is 3.62. The first-order valence-corrected chi connectivity index (χ1v) is 8.60. The van der Waals surface area contributed by atoms with Gasteiger partial charge in [-0.15, -0.1) is 13.2 Å². The smallest absolute Gasteiger partial charge is 0.495 e. The molecule has 1 amide bonds. The molecule has 0 saturated carbocycles. The molecule has 1 heterocycles. The molecule has 0 atom stereocenters. The van der Waals surface area contributed by atoms with Crippen LogP contribution in [-0.2, 0) is 17.6 Å². The molecule has 4 nitrogen and oxygen atoms in total. The number of hydrogen-bond donors (Lipinski definition) is 0. The van der Waals surface area contributed by atoms with E-state index in [-0.39, 0.29) is 18.1 Å². The third-order valence-corrected chi connectivity index (χ3v) is 4.59. The highest BCUT2D eigenvalue weighted by Crippen LogP contribution is 2.38. The number of fused-ring (bicyclic) bond motifs is 1. The fourth-order valence-electron chi connectivity index (χ4n) is 3.35. The Morgan fingerprint density at radius 1 is 1.15 bits per heavy atom. The summed E-state index contributed by atoms with van der Waals surface area (Å²) >= 11 is 0. The van der Waals surface area contributed by atoms with Crippen molar-refractivity contribution < 1.29 is 27.4 Å². The van der Waals surface area contributed by atoms with Gasteiger partial charge in [0.25, 0.3) is 0 Å². The van der Waals surface area contributed by atoms with Crippen molar-refractivity contribution in [2.75, 3.05) is 18.6 Å². The van der Waals surface area contributed by atoms with Gasteiger partial charge in [-0.25, -0.2) is 0 Å². The van der Waals surface area contributed by atoms with Crippen LogP contribution in [0.5, 0.6) is 11.5 Å². The molecule has 0 unspecified atom stereocenters. The Labute approximate surface area is 155 Å². The van der Waals surface area contributed by atoms with Crippen LogP contribution >= 0.6 is 0 Å². The lowest BCUT2D eigenvalue weighted by molar-refractivity contribution is -0.274. The lowest BCUT2D eigenvalue weighted by atomic mass is 9.95. The van der Waals surface area contributed by atoms with Gasteiger partial charge >= 0.3 is 6.36 Å². The fourth-order valence-corrected chi connectivity index (χ4v) is 3.35.